The van der Waals surface area contributed by atoms with Gasteiger partial charge in [-0.1, -0.05) is 6.08 Å². The maximum Gasteiger partial charge on any atom is 0.157 e. The fourth-order valence-corrected chi connectivity index (χ4v) is 0.705. The molecular formula is C11H18O3. The lowest BCUT2D eigenvalue weighted by molar-refractivity contribution is -0.122. The quantitative estimate of drug-likeness (QED) is 0.611. The molecule has 0 heterocycles. The molecule has 0 N–H and O–H groups in total. The highest BCUT2D eigenvalue weighted by molar-refractivity contribution is 5.91. The van der Waals surface area contributed by atoms with Crippen LogP contribution in [0.15, 0.2) is 12.2 Å². The Morgan fingerprint density at radius 1 is 1.36 bits per heavy atom. The zero-order chi connectivity index (χ0) is 11.2. The summed E-state index contributed by atoms with van der Waals surface area (Å²) < 4.78 is 4.77. The van der Waals surface area contributed by atoms with Gasteiger partial charge in [-0.3, -0.25) is 9.59 Å². The first-order valence-electron chi connectivity index (χ1n) is 4.62. The van der Waals surface area contributed by atoms with Crippen LogP contribution >= 0.6 is 0 Å². The van der Waals surface area contributed by atoms with Crippen LogP contribution in [0.5, 0.6) is 0 Å². The third-order valence-electron chi connectivity index (χ3n) is 2.15. The molecule has 14 heavy (non-hydrogen) atoms. The summed E-state index contributed by atoms with van der Waals surface area (Å²) in [4.78, 5) is 22.3. The Hall–Kier alpha value is -0.960. The molecular weight excluding hydrogens is 180 g/mol. The number of ether oxygens (including phenoxy) is 1. The van der Waals surface area contributed by atoms with Crippen LogP contribution in [-0.4, -0.2) is 25.3 Å². The van der Waals surface area contributed by atoms with Crippen molar-refractivity contribution >= 4 is 11.6 Å². The summed E-state index contributed by atoms with van der Waals surface area (Å²) in [6.45, 7) is 5.51. The lowest BCUT2D eigenvalue weighted by Gasteiger charge is -2.14. The Labute approximate surface area is 85.1 Å². The van der Waals surface area contributed by atoms with Crippen molar-refractivity contribution in [1.29, 1.82) is 0 Å². The molecule has 3 nitrogen and oxygen atoms in total. The first kappa shape index (κ1) is 13.0. The monoisotopic (exact) mass is 198 g/mol. The van der Waals surface area contributed by atoms with Gasteiger partial charge in [0, 0.05) is 18.9 Å². The predicted molar refractivity (Wildman–Crippen MR) is 55.1 cm³/mol. The largest absolute Gasteiger partial charge is 0.384 e. The number of allylic oxidation sites excluding steroid dienone is 2. The zero-order valence-electron chi connectivity index (χ0n) is 9.29. The molecule has 0 aromatic heterocycles. The van der Waals surface area contributed by atoms with Gasteiger partial charge in [0.25, 0.3) is 0 Å². The second-order valence-corrected chi connectivity index (χ2v) is 3.82. The van der Waals surface area contributed by atoms with Crippen LogP contribution in [-0.2, 0) is 14.3 Å². The number of rotatable bonds is 6. The van der Waals surface area contributed by atoms with Gasteiger partial charge in [0.05, 0.1) is 6.61 Å². The standard InChI is InChI=1S/C11H18O3/c1-9(12)11(2,3)7-5-10(13)6-8-14-4/h5,7H,6,8H2,1-4H3. The molecule has 0 saturated heterocycles. The molecule has 0 rings (SSSR count). The van der Waals surface area contributed by atoms with Crippen molar-refractivity contribution in [1.82, 2.24) is 0 Å². The molecule has 0 aliphatic rings. The van der Waals surface area contributed by atoms with E-state index in [4.69, 9.17) is 4.74 Å². The van der Waals surface area contributed by atoms with Crippen LogP contribution in [0.4, 0.5) is 0 Å². The molecule has 0 radical (unpaired) electrons. The average molecular weight is 198 g/mol. The lowest BCUT2D eigenvalue weighted by atomic mass is 9.88. The summed E-state index contributed by atoms with van der Waals surface area (Å²) in [5.74, 6) is 0.0365. The molecule has 0 atom stereocenters. The van der Waals surface area contributed by atoms with Gasteiger partial charge < -0.3 is 4.74 Å². The van der Waals surface area contributed by atoms with Crippen LogP contribution in [0, 0.1) is 5.41 Å². The van der Waals surface area contributed by atoms with Gasteiger partial charge in [0.1, 0.15) is 5.78 Å². The maximum absolute atomic E-state index is 11.2. The molecule has 0 fully saturated rings. The van der Waals surface area contributed by atoms with Crippen molar-refractivity contribution < 1.29 is 14.3 Å². The molecule has 0 unspecified atom stereocenters. The van der Waals surface area contributed by atoms with Crippen molar-refractivity contribution in [3.63, 3.8) is 0 Å². The van der Waals surface area contributed by atoms with E-state index < -0.39 is 5.41 Å². The van der Waals surface area contributed by atoms with Crippen molar-refractivity contribution in [3.8, 4) is 0 Å². The molecule has 0 aliphatic carbocycles. The first-order valence-corrected chi connectivity index (χ1v) is 4.62. The van der Waals surface area contributed by atoms with Gasteiger partial charge in [-0.2, -0.15) is 0 Å². The SMILES string of the molecule is COCCC(=O)C=CC(C)(C)C(C)=O. The summed E-state index contributed by atoms with van der Waals surface area (Å²) in [5.41, 5.74) is -0.553. The number of carbonyl (C=O) groups is 2. The van der Waals surface area contributed by atoms with E-state index in [2.05, 4.69) is 0 Å². The normalized spacial score (nSPS) is 12.0. The number of methoxy groups -OCH3 is 1. The summed E-state index contributed by atoms with van der Waals surface area (Å²) in [6.07, 6.45) is 3.47. The number of hydrogen-bond acceptors (Lipinski definition) is 3. The maximum atomic E-state index is 11.2. The van der Waals surface area contributed by atoms with E-state index in [0.29, 0.717) is 13.0 Å². The minimum atomic E-state index is -0.553. The molecule has 0 amide bonds. The number of Topliss-reactive ketones (excluding diaryl/α,β-unsaturated/α-hetero) is 1. The van der Waals surface area contributed by atoms with Gasteiger partial charge >= 0.3 is 0 Å². The van der Waals surface area contributed by atoms with Crippen LogP contribution in [0.3, 0.4) is 0 Å². The molecule has 0 saturated carbocycles. The fraction of sp³-hybridized carbons (Fsp3) is 0.636. The van der Waals surface area contributed by atoms with E-state index in [9.17, 15) is 9.59 Å². The van der Waals surface area contributed by atoms with E-state index in [1.807, 2.05) is 0 Å². The van der Waals surface area contributed by atoms with Gasteiger partial charge in [-0.25, -0.2) is 0 Å². The van der Waals surface area contributed by atoms with Crippen LogP contribution in [0.1, 0.15) is 27.2 Å². The average Bonchev–Trinajstić information content (AvgIpc) is 2.11. The van der Waals surface area contributed by atoms with Crippen LogP contribution in [0.25, 0.3) is 0 Å². The minimum absolute atomic E-state index is 0.0128. The van der Waals surface area contributed by atoms with Crippen molar-refractivity contribution in [2.75, 3.05) is 13.7 Å². The van der Waals surface area contributed by atoms with Crippen LogP contribution < -0.4 is 0 Å². The Bertz CT molecular complexity index is 239. The Balaban J connectivity index is 4.16. The van der Waals surface area contributed by atoms with Crippen molar-refractivity contribution in [3.05, 3.63) is 12.2 Å². The summed E-state index contributed by atoms with van der Waals surface area (Å²) >= 11 is 0. The van der Waals surface area contributed by atoms with Crippen molar-refractivity contribution in [2.45, 2.75) is 27.2 Å². The molecule has 0 bridgehead atoms. The summed E-state index contributed by atoms with van der Waals surface area (Å²) in [6, 6.07) is 0. The third kappa shape index (κ3) is 4.92. The highest BCUT2D eigenvalue weighted by atomic mass is 16.5. The van der Waals surface area contributed by atoms with E-state index in [1.54, 1.807) is 27.0 Å². The molecule has 3 heteroatoms. The van der Waals surface area contributed by atoms with Crippen molar-refractivity contribution in [2.24, 2.45) is 5.41 Å². The molecule has 0 aromatic rings. The smallest absolute Gasteiger partial charge is 0.157 e. The summed E-state index contributed by atoms with van der Waals surface area (Å²) in [5, 5.41) is 0. The van der Waals surface area contributed by atoms with E-state index in [-0.39, 0.29) is 11.6 Å². The Morgan fingerprint density at radius 3 is 2.36 bits per heavy atom. The molecule has 0 aromatic carbocycles. The Kier molecular flexibility index (Phi) is 5.31. The lowest BCUT2D eigenvalue weighted by Crippen LogP contribution is -2.18. The Morgan fingerprint density at radius 2 is 1.93 bits per heavy atom. The van der Waals surface area contributed by atoms with Gasteiger partial charge in [0.15, 0.2) is 5.78 Å². The van der Waals surface area contributed by atoms with E-state index >= 15 is 0 Å². The van der Waals surface area contributed by atoms with E-state index in [0.717, 1.165) is 0 Å². The number of carbonyl (C=O) groups excluding carboxylic acids is 2. The minimum Gasteiger partial charge on any atom is -0.384 e. The number of hydrogen-bond donors (Lipinski definition) is 0. The first-order chi connectivity index (χ1) is 6.40. The van der Waals surface area contributed by atoms with Crippen LogP contribution in [0.2, 0.25) is 0 Å². The second-order valence-electron chi connectivity index (χ2n) is 3.82. The molecule has 80 valence electrons. The topological polar surface area (TPSA) is 43.4 Å². The molecule has 0 spiro atoms. The number of ketones is 2. The predicted octanol–water partition coefficient (Wildman–Crippen LogP) is 1.76. The highest BCUT2D eigenvalue weighted by Crippen LogP contribution is 2.17. The van der Waals surface area contributed by atoms with E-state index in [1.165, 1.54) is 13.0 Å². The summed E-state index contributed by atoms with van der Waals surface area (Å²) in [7, 11) is 1.55. The molecule has 0 aliphatic heterocycles. The third-order valence-corrected chi connectivity index (χ3v) is 2.15. The van der Waals surface area contributed by atoms with Gasteiger partial charge in [-0.15, -0.1) is 0 Å². The fourth-order valence-electron chi connectivity index (χ4n) is 0.705. The van der Waals surface area contributed by atoms with Gasteiger partial charge in [0.2, 0.25) is 0 Å². The van der Waals surface area contributed by atoms with Gasteiger partial charge in [-0.05, 0) is 26.8 Å². The highest BCUT2D eigenvalue weighted by Gasteiger charge is 2.19. The second kappa shape index (κ2) is 5.70. The zero-order valence-corrected chi connectivity index (χ0v) is 9.29.